The third-order valence-electron chi connectivity index (χ3n) is 4.33. The van der Waals surface area contributed by atoms with Gasteiger partial charge in [-0.2, -0.15) is 5.10 Å². The number of primary amides is 1. The standard InChI is InChI=1S/C20H13ClF2N4O3.CH4/c21-12-8-25-20(29)16-17(10-4-6-11(7-5-10)30-9-15(24)28)26-27(18(12)16)19-13(22)2-1-3-14(19)23;/h1-8H,9H2,(H2,24,28)(H,25,29);1H4. The van der Waals surface area contributed by atoms with Crippen LogP contribution in [0.4, 0.5) is 8.78 Å². The van der Waals surface area contributed by atoms with Crippen molar-refractivity contribution in [2.24, 2.45) is 5.73 Å². The van der Waals surface area contributed by atoms with Crippen molar-refractivity contribution in [1.29, 1.82) is 0 Å². The highest BCUT2D eigenvalue weighted by molar-refractivity contribution is 6.35. The second kappa shape index (κ2) is 8.57. The molecule has 0 radical (unpaired) electrons. The lowest BCUT2D eigenvalue weighted by Crippen LogP contribution is -2.19. The summed E-state index contributed by atoms with van der Waals surface area (Å²) >= 11 is 6.25. The van der Waals surface area contributed by atoms with Crippen LogP contribution in [0.3, 0.4) is 0 Å². The summed E-state index contributed by atoms with van der Waals surface area (Å²) in [5.74, 6) is -1.99. The molecule has 0 spiro atoms. The molecule has 0 unspecified atom stereocenters. The molecule has 160 valence electrons. The molecule has 10 heteroatoms. The number of carbonyl (C=O) groups excluding carboxylic acids is 1. The van der Waals surface area contributed by atoms with Crippen molar-refractivity contribution in [1.82, 2.24) is 14.8 Å². The van der Waals surface area contributed by atoms with Gasteiger partial charge < -0.3 is 15.5 Å². The lowest BCUT2D eigenvalue weighted by Gasteiger charge is -2.07. The monoisotopic (exact) mass is 446 g/mol. The Morgan fingerprint density at radius 1 is 1.16 bits per heavy atom. The van der Waals surface area contributed by atoms with Gasteiger partial charge in [-0.25, -0.2) is 13.5 Å². The molecule has 2 aromatic carbocycles. The molecule has 0 saturated heterocycles. The van der Waals surface area contributed by atoms with Crippen molar-refractivity contribution in [2.75, 3.05) is 6.61 Å². The highest BCUT2D eigenvalue weighted by Crippen LogP contribution is 2.33. The quantitative estimate of drug-likeness (QED) is 0.486. The maximum atomic E-state index is 14.4. The number of aromatic nitrogens is 3. The number of nitrogens with two attached hydrogens (primary N) is 1. The van der Waals surface area contributed by atoms with E-state index in [0.29, 0.717) is 11.3 Å². The first-order valence-corrected chi connectivity index (χ1v) is 9.00. The van der Waals surface area contributed by atoms with Gasteiger partial charge in [0.1, 0.15) is 22.6 Å². The maximum Gasteiger partial charge on any atom is 0.259 e. The number of aromatic amines is 1. The van der Waals surface area contributed by atoms with E-state index in [2.05, 4.69) is 10.1 Å². The fourth-order valence-electron chi connectivity index (χ4n) is 3.04. The number of amides is 1. The number of halogens is 3. The molecule has 0 fully saturated rings. The summed E-state index contributed by atoms with van der Waals surface area (Å²) in [5, 5.41) is 4.42. The van der Waals surface area contributed by atoms with Crippen molar-refractivity contribution in [3.8, 4) is 22.7 Å². The molecule has 7 nitrogen and oxygen atoms in total. The topological polar surface area (TPSA) is 103 Å². The Labute approximate surface area is 180 Å². The van der Waals surface area contributed by atoms with Gasteiger partial charge in [0.2, 0.25) is 0 Å². The van der Waals surface area contributed by atoms with Crippen LogP contribution in [0.5, 0.6) is 5.75 Å². The van der Waals surface area contributed by atoms with Gasteiger partial charge in [0, 0.05) is 11.8 Å². The Hall–Kier alpha value is -3.72. The number of ether oxygens (including phenoxy) is 1. The van der Waals surface area contributed by atoms with Crippen molar-refractivity contribution >= 4 is 28.4 Å². The SMILES string of the molecule is C.NC(=O)COc1ccc(-c2nn(-c3c(F)cccc3F)c3c(Cl)c[nH]c(=O)c23)cc1. The van der Waals surface area contributed by atoms with Gasteiger partial charge in [-0.05, 0) is 36.4 Å². The zero-order valence-corrected chi connectivity index (χ0v) is 15.9. The molecule has 4 rings (SSSR count). The number of carbonyl (C=O) groups is 1. The summed E-state index contributed by atoms with van der Waals surface area (Å²) in [4.78, 5) is 25.9. The van der Waals surface area contributed by atoms with E-state index in [4.69, 9.17) is 22.1 Å². The van der Waals surface area contributed by atoms with E-state index in [1.807, 2.05) is 0 Å². The number of nitrogens with zero attached hydrogens (tertiary/aromatic N) is 2. The Bertz CT molecular complexity index is 1310. The fourth-order valence-corrected chi connectivity index (χ4v) is 3.27. The van der Waals surface area contributed by atoms with E-state index in [1.54, 1.807) is 24.3 Å². The molecule has 0 bridgehead atoms. The van der Waals surface area contributed by atoms with Crippen molar-refractivity contribution in [3.63, 3.8) is 0 Å². The van der Waals surface area contributed by atoms with Crippen LogP contribution in [0.25, 0.3) is 27.8 Å². The molecule has 0 aliphatic carbocycles. The number of nitrogens with one attached hydrogen (secondary N) is 1. The predicted molar refractivity (Wildman–Crippen MR) is 113 cm³/mol. The normalized spacial score (nSPS) is 10.7. The minimum absolute atomic E-state index is 0. The van der Waals surface area contributed by atoms with Gasteiger partial charge in [-0.15, -0.1) is 0 Å². The summed E-state index contributed by atoms with van der Waals surface area (Å²) in [6, 6.07) is 9.65. The van der Waals surface area contributed by atoms with E-state index in [1.165, 1.54) is 12.3 Å². The van der Waals surface area contributed by atoms with Gasteiger partial charge in [-0.1, -0.05) is 25.1 Å². The fraction of sp³-hybridized carbons (Fsp3) is 0.0952. The van der Waals surface area contributed by atoms with E-state index >= 15 is 0 Å². The second-order valence-corrected chi connectivity index (χ2v) is 6.71. The number of H-pyrrole nitrogens is 1. The Kier molecular flexibility index (Phi) is 6.07. The van der Waals surface area contributed by atoms with E-state index in [9.17, 15) is 18.4 Å². The van der Waals surface area contributed by atoms with E-state index < -0.39 is 28.8 Å². The van der Waals surface area contributed by atoms with Crippen LogP contribution in [-0.4, -0.2) is 27.3 Å². The number of fused-ring (bicyclic) bond motifs is 1. The number of hydrogen-bond donors (Lipinski definition) is 2. The molecule has 3 N–H and O–H groups in total. The molecular weight excluding hydrogens is 430 g/mol. The van der Waals surface area contributed by atoms with Crippen molar-refractivity contribution in [3.05, 3.63) is 75.7 Å². The number of para-hydroxylation sites is 1. The molecule has 31 heavy (non-hydrogen) atoms. The smallest absolute Gasteiger partial charge is 0.259 e. The summed E-state index contributed by atoms with van der Waals surface area (Å²) in [6.07, 6.45) is 1.23. The number of rotatable bonds is 5. The Balaban J connectivity index is 0.00000272. The minimum Gasteiger partial charge on any atom is -0.484 e. The highest BCUT2D eigenvalue weighted by atomic mass is 35.5. The zero-order chi connectivity index (χ0) is 21.4. The molecule has 0 aliphatic heterocycles. The zero-order valence-electron chi connectivity index (χ0n) is 15.2. The molecule has 0 saturated carbocycles. The van der Waals surface area contributed by atoms with Gasteiger partial charge in [0.25, 0.3) is 11.5 Å². The maximum absolute atomic E-state index is 14.4. The molecule has 0 atom stereocenters. The predicted octanol–water partition coefficient (Wildman–Crippen LogP) is 3.81. The van der Waals surface area contributed by atoms with Gasteiger partial charge in [0.15, 0.2) is 18.2 Å². The van der Waals surface area contributed by atoms with Crippen LogP contribution >= 0.6 is 11.6 Å². The van der Waals surface area contributed by atoms with Gasteiger partial charge >= 0.3 is 0 Å². The van der Waals surface area contributed by atoms with E-state index in [-0.39, 0.29) is 35.7 Å². The lowest BCUT2D eigenvalue weighted by atomic mass is 10.1. The van der Waals surface area contributed by atoms with Crippen LogP contribution < -0.4 is 16.0 Å². The lowest BCUT2D eigenvalue weighted by molar-refractivity contribution is -0.119. The third-order valence-corrected chi connectivity index (χ3v) is 4.61. The van der Waals surface area contributed by atoms with Crippen molar-refractivity contribution in [2.45, 2.75) is 7.43 Å². The molecule has 1 amide bonds. The molecular formula is C21H17ClF2N4O3. The largest absolute Gasteiger partial charge is 0.484 e. The van der Waals surface area contributed by atoms with Crippen molar-refractivity contribution < 1.29 is 18.3 Å². The summed E-state index contributed by atoms with van der Waals surface area (Å²) in [7, 11) is 0. The van der Waals surface area contributed by atoms with Crippen LogP contribution in [0.1, 0.15) is 7.43 Å². The Morgan fingerprint density at radius 3 is 2.42 bits per heavy atom. The van der Waals surface area contributed by atoms with Crippen LogP contribution in [0.2, 0.25) is 5.02 Å². The first kappa shape index (κ1) is 22.0. The third kappa shape index (κ3) is 3.99. The summed E-state index contributed by atoms with van der Waals surface area (Å²) in [5.41, 5.74) is 4.76. The van der Waals surface area contributed by atoms with Crippen LogP contribution in [0.15, 0.2) is 53.5 Å². The first-order chi connectivity index (χ1) is 14.4. The van der Waals surface area contributed by atoms with Crippen LogP contribution in [-0.2, 0) is 4.79 Å². The summed E-state index contributed by atoms with van der Waals surface area (Å²) in [6.45, 7) is -0.293. The first-order valence-electron chi connectivity index (χ1n) is 8.62. The highest BCUT2D eigenvalue weighted by Gasteiger charge is 2.23. The Morgan fingerprint density at radius 2 is 1.81 bits per heavy atom. The summed E-state index contributed by atoms with van der Waals surface area (Å²) < 4.78 is 35.0. The minimum atomic E-state index is -0.863. The van der Waals surface area contributed by atoms with Gasteiger partial charge in [-0.3, -0.25) is 9.59 Å². The average Bonchev–Trinajstić information content (AvgIpc) is 3.11. The van der Waals surface area contributed by atoms with E-state index in [0.717, 1.165) is 16.8 Å². The number of benzene rings is 2. The molecule has 4 aromatic rings. The molecule has 0 aliphatic rings. The van der Waals surface area contributed by atoms with Crippen LogP contribution in [0, 0.1) is 11.6 Å². The number of pyridine rings is 1. The second-order valence-electron chi connectivity index (χ2n) is 6.30. The number of hydrogen-bond acceptors (Lipinski definition) is 4. The van der Waals surface area contributed by atoms with Gasteiger partial charge in [0.05, 0.1) is 10.4 Å². The average molecular weight is 447 g/mol. The molecule has 2 aromatic heterocycles. The molecule has 2 heterocycles.